The number of pyridine rings is 1. The van der Waals surface area contributed by atoms with Crippen LogP contribution in [0.4, 0.5) is 13.2 Å². The van der Waals surface area contributed by atoms with Gasteiger partial charge in [0.2, 0.25) is 5.88 Å². The highest BCUT2D eigenvalue weighted by Gasteiger charge is 2.36. The molecule has 4 rings (SSSR count). The van der Waals surface area contributed by atoms with Gasteiger partial charge < -0.3 is 10.1 Å². The standard InChI is InChI=1S/C23H18ClF3N4O2/c1-31-22-20(21(30-31)14-7-3-2-4-8-14)16(23(25,26)27)11-19(29-22)33-13-18(32)28-12-15-9-5-6-10-17(15)24/h2-11H,12-13H2,1H3,(H,28,32). The lowest BCUT2D eigenvalue weighted by molar-refractivity contribution is -0.136. The van der Waals surface area contributed by atoms with Crippen LogP contribution in [0.3, 0.4) is 0 Å². The minimum atomic E-state index is -4.68. The van der Waals surface area contributed by atoms with Crippen molar-refractivity contribution >= 4 is 28.5 Å². The number of rotatable bonds is 6. The molecule has 0 saturated carbocycles. The number of benzene rings is 2. The minimum Gasteiger partial charge on any atom is -0.467 e. The van der Waals surface area contributed by atoms with E-state index in [2.05, 4.69) is 15.4 Å². The largest absolute Gasteiger partial charge is 0.467 e. The Morgan fingerprint density at radius 2 is 1.82 bits per heavy atom. The maximum atomic E-state index is 13.9. The van der Waals surface area contributed by atoms with Crippen LogP contribution in [0.25, 0.3) is 22.3 Å². The number of carbonyl (C=O) groups is 1. The van der Waals surface area contributed by atoms with E-state index in [0.717, 1.165) is 6.07 Å². The van der Waals surface area contributed by atoms with Gasteiger partial charge >= 0.3 is 6.18 Å². The zero-order valence-electron chi connectivity index (χ0n) is 17.4. The van der Waals surface area contributed by atoms with Crippen molar-refractivity contribution in [3.05, 3.63) is 76.8 Å². The SMILES string of the molecule is Cn1nc(-c2ccccc2)c2c(C(F)(F)F)cc(OCC(=O)NCc3ccccc3Cl)nc21. The van der Waals surface area contributed by atoms with Gasteiger partial charge in [0.1, 0.15) is 5.69 Å². The Kier molecular flexibility index (Phi) is 6.24. The lowest BCUT2D eigenvalue weighted by Gasteiger charge is -2.12. The number of nitrogens with zero attached hydrogens (tertiary/aromatic N) is 3. The molecule has 1 N–H and O–H groups in total. The predicted molar refractivity (Wildman–Crippen MR) is 118 cm³/mol. The molecule has 0 aliphatic rings. The zero-order chi connectivity index (χ0) is 23.6. The van der Waals surface area contributed by atoms with E-state index in [1.54, 1.807) is 54.6 Å². The highest BCUT2D eigenvalue weighted by molar-refractivity contribution is 6.31. The van der Waals surface area contributed by atoms with Crippen molar-refractivity contribution in [1.82, 2.24) is 20.1 Å². The van der Waals surface area contributed by atoms with Crippen LogP contribution in [0.5, 0.6) is 5.88 Å². The molecule has 0 unspecified atom stereocenters. The molecule has 0 bridgehead atoms. The van der Waals surface area contributed by atoms with E-state index in [1.165, 1.54) is 11.7 Å². The molecule has 4 aromatic rings. The lowest BCUT2D eigenvalue weighted by Crippen LogP contribution is -2.28. The monoisotopic (exact) mass is 474 g/mol. The number of ether oxygens (including phenoxy) is 1. The third kappa shape index (κ3) is 4.93. The minimum absolute atomic E-state index is 0.00449. The number of aryl methyl sites for hydroxylation is 1. The van der Waals surface area contributed by atoms with Gasteiger partial charge in [0.15, 0.2) is 12.3 Å². The summed E-state index contributed by atoms with van der Waals surface area (Å²) in [6, 6.07) is 16.3. The van der Waals surface area contributed by atoms with Crippen LogP contribution >= 0.6 is 11.6 Å². The Hall–Kier alpha value is -3.59. The predicted octanol–water partition coefficient (Wildman–Crippen LogP) is 5.00. The highest BCUT2D eigenvalue weighted by Crippen LogP contribution is 2.40. The van der Waals surface area contributed by atoms with Gasteiger partial charge in [-0.2, -0.15) is 23.3 Å². The topological polar surface area (TPSA) is 69.0 Å². The summed E-state index contributed by atoms with van der Waals surface area (Å²) in [5.74, 6) is -0.856. The Labute approximate surface area is 192 Å². The molecular weight excluding hydrogens is 457 g/mol. The molecule has 0 fully saturated rings. The van der Waals surface area contributed by atoms with Crippen LogP contribution < -0.4 is 10.1 Å². The average molecular weight is 475 g/mol. The molecule has 1 amide bonds. The number of fused-ring (bicyclic) bond motifs is 1. The molecule has 2 aromatic carbocycles. The maximum absolute atomic E-state index is 13.9. The van der Waals surface area contributed by atoms with Crippen LogP contribution in [-0.2, 0) is 24.6 Å². The van der Waals surface area contributed by atoms with Gasteiger partial charge in [-0.15, -0.1) is 0 Å². The summed E-state index contributed by atoms with van der Waals surface area (Å²) in [6.45, 7) is -0.353. The molecule has 2 heterocycles. The number of hydrogen-bond donors (Lipinski definition) is 1. The van der Waals surface area contributed by atoms with E-state index >= 15 is 0 Å². The molecule has 10 heteroatoms. The van der Waals surface area contributed by atoms with Crippen LogP contribution in [0.1, 0.15) is 11.1 Å². The fourth-order valence-corrected chi connectivity index (χ4v) is 3.55. The first-order chi connectivity index (χ1) is 15.7. The summed E-state index contributed by atoms with van der Waals surface area (Å²) in [7, 11) is 1.50. The summed E-state index contributed by atoms with van der Waals surface area (Å²) in [5, 5.41) is 7.22. The summed E-state index contributed by atoms with van der Waals surface area (Å²) >= 11 is 6.05. The third-order valence-corrected chi connectivity index (χ3v) is 5.28. The summed E-state index contributed by atoms with van der Waals surface area (Å²) in [4.78, 5) is 16.3. The number of carbonyl (C=O) groups excluding carboxylic acids is 1. The fraction of sp³-hybridized carbons (Fsp3) is 0.174. The van der Waals surface area contributed by atoms with E-state index in [1.807, 2.05) is 0 Å². The lowest BCUT2D eigenvalue weighted by atomic mass is 10.0. The summed E-state index contributed by atoms with van der Waals surface area (Å²) < 4.78 is 48.4. The summed E-state index contributed by atoms with van der Waals surface area (Å²) in [5.41, 5.74) is 0.454. The van der Waals surface area contributed by atoms with Crippen molar-refractivity contribution in [2.24, 2.45) is 7.05 Å². The molecule has 0 radical (unpaired) electrons. The molecule has 33 heavy (non-hydrogen) atoms. The normalized spacial score (nSPS) is 11.5. The first-order valence-corrected chi connectivity index (χ1v) is 10.2. The smallest absolute Gasteiger partial charge is 0.417 e. The van der Waals surface area contributed by atoms with Crippen molar-refractivity contribution < 1.29 is 22.7 Å². The Morgan fingerprint density at radius 3 is 2.52 bits per heavy atom. The number of halogens is 4. The van der Waals surface area contributed by atoms with Gasteiger partial charge in [-0.3, -0.25) is 4.79 Å². The molecule has 0 aliphatic heterocycles. The average Bonchev–Trinajstić information content (AvgIpc) is 3.13. The Balaban J connectivity index is 1.59. The van der Waals surface area contributed by atoms with Crippen LogP contribution in [-0.4, -0.2) is 27.3 Å². The number of alkyl halides is 3. The maximum Gasteiger partial charge on any atom is 0.417 e. The molecule has 2 aromatic heterocycles. The molecule has 6 nitrogen and oxygen atoms in total. The number of aromatic nitrogens is 3. The van der Waals surface area contributed by atoms with E-state index in [-0.39, 0.29) is 29.2 Å². The molecule has 170 valence electrons. The van der Waals surface area contributed by atoms with Crippen molar-refractivity contribution in [3.63, 3.8) is 0 Å². The second-order valence-electron chi connectivity index (χ2n) is 7.20. The third-order valence-electron chi connectivity index (χ3n) is 4.91. The van der Waals surface area contributed by atoms with Crippen molar-refractivity contribution in [2.45, 2.75) is 12.7 Å². The quantitative estimate of drug-likeness (QED) is 0.427. The van der Waals surface area contributed by atoms with Crippen LogP contribution in [0.2, 0.25) is 5.02 Å². The van der Waals surface area contributed by atoms with Crippen molar-refractivity contribution in [2.75, 3.05) is 6.61 Å². The second kappa shape index (κ2) is 9.11. The van der Waals surface area contributed by atoms with E-state index in [0.29, 0.717) is 16.1 Å². The van der Waals surface area contributed by atoms with E-state index in [9.17, 15) is 18.0 Å². The number of hydrogen-bond acceptors (Lipinski definition) is 4. The van der Waals surface area contributed by atoms with Crippen LogP contribution in [0.15, 0.2) is 60.7 Å². The zero-order valence-corrected chi connectivity index (χ0v) is 18.1. The van der Waals surface area contributed by atoms with Crippen LogP contribution in [0, 0.1) is 0 Å². The van der Waals surface area contributed by atoms with Crippen molar-refractivity contribution in [1.29, 1.82) is 0 Å². The van der Waals surface area contributed by atoms with Gasteiger partial charge in [0.25, 0.3) is 5.91 Å². The van der Waals surface area contributed by atoms with Gasteiger partial charge in [-0.1, -0.05) is 60.1 Å². The Bertz CT molecular complexity index is 1310. The fourth-order valence-electron chi connectivity index (χ4n) is 3.35. The first kappa shape index (κ1) is 22.6. The number of nitrogens with one attached hydrogen (secondary N) is 1. The Morgan fingerprint density at radius 1 is 1.12 bits per heavy atom. The highest BCUT2D eigenvalue weighted by atomic mass is 35.5. The summed E-state index contributed by atoms with van der Waals surface area (Å²) in [6.07, 6.45) is -4.68. The second-order valence-corrected chi connectivity index (χ2v) is 7.61. The number of amides is 1. The molecule has 0 spiro atoms. The molecule has 0 saturated heterocycles. The van der Waals surface area contributed by atoms with Crippen molar-refractivity contribution in [3.8, 4) is 17.1 Å². The first-order valence-electron chi connectivity index (χ1n) is 9.87. The van der Waals surface area contributed by atoms with E-state index < -0.39 is 24.3 Å². The van der Waals surface area contributed by atoms with Gasteiger partial charge in [-0.25, -0.2) is 4.68 Å². The van der Waals surface area contributed by atoms with Gasteiger partial charge in [-0.05, 0) is 11.6 Å². The molecule has 0 atom stereocenters. The van der Waals surface area contributed by atoms with Gasteiger partial charge in [0, 0.05) is 30.2 Å². The van der Waals surface area contributed by atoms with Gasteiger partial charge in [0.05, 0.1) is 10.9 Å². The molecule has 0 aliphatic carbocycles. The molecular formula is C23H18ClF3N4O2. The van der Waals surface area contributed by atoms with E-state index in [4.69, 9.17) is 16.3 Å².